The van der Waals surface area contributed by atoms with Crippen molar-refractivity contribution in [1.29, 1.82) is 0 Å². The molecule has 0 saturated heterocycles. The summed E-state index contributed by atoms with van der Waals surface area (Å²) in [7, 11) is -0.919. The molecule has 0 aliphatic carbocycles. The zero-order chi connectivity index (χ0) is 9.80. The molecule has 0 spiro atoms. The van der Waals surface area contributed by atoms with Crippen molar-refractivity contribution in [3.05, 3.63) is 60.7 Å². The molecule has 14 heavy (non-hydrogen) atoms. The molecule has 0 fully saturated rings. The highest BCUT2D eigenvalue weighted by atomic mass is 28.3. The standard InChI is InChI=1S/C13H14Si/c1-14(12-8-4-2-5-9-12)13-10-6-3-7-11-13/h2-11,14H,1H3. The molecule has 0 N–H and O–H groups in total. The first kappa shape index (κ1) is 9.22. The lowest BCUT2D eigenvalue weighted by molar-refractivity contribution is 1.72. The van der Waals surface area contributed by atoms with E-state index < -0.39 is 8.80 Å². The summed E-state index contributed by atoms with van der Waals surface area (Å²) in [4.78, 5) is 0. The van der Waals surface area contributed by atoms with Crippen molar-refractivity contribution in [2.75, 3.05) is 0 Å². The van der Waals surface area contributed by atoms with Gasteiger partial charge in [-0.2, -0.15) is 0 Å². The zero-order valence-corrected chi connectivity index (χ0v) is 9.51. The minimum Gasteiger partial charge on any atom is -0.0642 e. The Bertz CT molecular complexity index is 341. The third kappa shape index (κ3) is 1.94. The Balaban J connectivity index is 2.30. The van der Waals surface area contributed by atoms with E-state index >= 15 is 0 Å². The fraction of sp³-hybridized carbons (Fsp3) is 0.0769. The molecule has 0 unspecified atom stereocenters. The second kappa shape index (κ2) is 4.25. The third-order valence-corrected chi connectivity index (χ3v) is 5.37. The second-order valence-electron chi connectivity index (χ2n) is 3.54. The van der Waals surface area contributed by atoms with Gasteiger partial charge in [0, 0.05) is 0 Å². The SMILES string of the molecule is C[SiH](c1ccccc1)c1ccccc1. The Morgan fingerprint density at radius 1 is 0.643 bits per heavy atom. The summed E-state index contributed by atoms with van der Waals surface area (Å²) in [6.45, 7) is 2.38. The predicted octanol–water partition coefficient (Wildman–Crippen LogP) is 1.66. The van der Waals surface area contributed by atoms with E-state index in [1.54, 1.807) is 0 Å². The van der Waals surface area contributed by atoms with Crippen LogP contribution >= 0.6 is 0 Å². The molecule has 0 aromatic heterocycles. The van der Waals surface area contributed by atoms with Gasteiger partial charge in [0.05, 0.1) is 8.80 Å². The largest absolute Gasteiger partial charge is 0.0997 e. The van der Waals surface area contributed by atoms with Crippen molar-refractivity contribution in [1.82, 2.24) is 0 Å². The summed E-state index contributed by atoms with van der Waals surface area (Å²) in [5, 5.41) is 3.03. The fourth-order valence-electron chi connectivity index (χ4n) is 1.68. The smallest absolute Gasteiger partial charge is 0.0642 e. The van der Waals surface area contributed by atoms with Crippen LogP contribution in [0.1, 0.15) is 0 Å². The van der Waals surface area contributed by atoms with E-state index in [2.05, 4.69) is 67.2 Å². The van der Waals surface area contributed by atoms with E-state index in [-0.39, 0.29) is 0 Å². The molecule has 2 rings (SSSR count). The summed E-state index contributed by atoms with van der Waals surface area (Å²) in [5.41, 5.74) is 0. The molecule has 0 bridgehead atoms. The molecule has 70 valence electrons. The monoisotopic (exact) mass is 198 g/mol. The van der Waals surface area contributed by atoms with Crippen molar-refractivity contribution >= 4 is 19.2 Å². The maximum atomic E-state index is 2.38. The second-order valence-corrected chi connectivity index (χ2v) is 6.32. The Morgan fingerprint density at radius 3 is 1.36 bits per heavy atom. The van der Waals surface area contributed by atoms with Crippen LogP contribution in [0.5, 0.6) is 0 Å². The van der Waals surface area contributed by atoms with Gasteiger partial charge in [-0.05, 0) is 0 Å². The highest BCUT2D eigenvalue weighted by Crippen LogP contribution is 1.91. The highest BCUT2D eigenvalue weighted by Gasteiger charge is 2.07. The van der Waals surface area contributed by atoms with Gasteiger partial charge >= 0.3 is 0 Å². The quantitative estimate of drug-likeness (QED) is 0.644. The minimum atomic E-state index is -0.919. The number of hydrogen-bond acceptors (Lipinski definition) is 0. The molecule has 0 radical (unpaired) electrons. The summed E-state index contributed by atoms with van der Waals surface area (Å²) in [6.07, 6.45) is 0. The van der Waals surface area contributed by atoms with Crippen LogP contribution in [0.2, 0.25) is 6.55 Å². The van der Waals surface area contributed by atoms with E-state index in [4.69, 9.17) is 0 Å². The average molecular weight is 198 g/mol. The topological polar surface area (TPSA) is 0 Å². The molecule has 0 heterocycles. The maximum absolute atomic E-state index is 2.38. The molecule has 0 aliphatic heterocycles. The van der Waals surface area contributed by atoms with Crippen molar-refractivity contribution in [3.8, 4) is 0 Å². The predicted molar refractivity (Wildman–Crippen MR) is 65.2 cm³/mol. The lowest BCUT2D eigenvalue weighted by Crippen LogP contribution is -2.38. The van der Waals surface area contributed by atoms with Crippen LogP contribution in [-0.4, -0.2) is 8.80 Å². The lowest BCUT2D eigenvalue weighted by atomic mass is 10.4. The van der Waals surface area contributed by atoms with Gasteiger partial charge in [-0.25, -0.2) is 0 Å². The van der Waals surface area contributed by atoms with Crippen LogP contribution in [0.3, 0.4) is 0 Å². The van der Waals surface area contributed by atoms with Crippen molar-refractivity contribution in [2.24, 2.45) is 0 Å². The minimum absolute atomic E-state index is 0.919. The number of benzene rings is 2. The molecular formula is C13H14Si. The van der Waals surface area contributed by atoms with Gasteiger partial charge in [-0.1, -0.05) is 77.6 Å². The van der Waals surface area contributed by atoms with Crippen molar-refractivity contribution in [2.45, 2.75) is 6.55 Å². The van der Waals surface area contributed by atoms with E-state index in [0.29, 0.717) is 0 Å². The maximum Gasteiger partial charge on any atom is 0.0997 e. The van der Waals surface area contributed by atoms with Crippen LogP contribution in [-0.2, 0) is 0 Å². The van der Waals surface area contributed by atoms with Gasteiger partial charge in [-0.15, -0.1) is 0 Å². The Labute approximate surface area is 86.8 Å². The molecule has 0 saturated carbocycles. The molecule has 0 aliphatic rings. The first-order valence-electron chi connectivity index (χ1n) is 4.98. The van der Waals surface area contributed by atoms with E-state index in [0.717, 1.165) is 0 Å². The summed E-state index contributed by atoms with van der Waals surface area (Å²) in [6, 6.07) is 21.6. The van der Waals surface area contributed by atoms with E-state index in [1.807, 2.05) is 0 Å². The normalized spacial score (nSPS) is 10.4. The van der Waals surface area contributed by atoms with Crippen LogP contribution < -0.4 is 10.4 Å². The fourth-order valence-corrected chi connectivity index (χ4v) is 3.66. The Kier molecular flexibility index (Phi) is 2.80. The van der Waals surface area contributed by atoms with Gasteiger partial charge in [0.1, 0.15) is 0 Å². The van der Waals surface area contributed by atoms with Gasteiger partial charge < -0.3 is 0 Å². The molecule has 0 amide bonds. The van der Waals surface area contributed by atoms with Gasteiger partial charge in [0.25, 0.3) is 0 Å². The van der Waals surface area contributed by atoms with Crippen molar-refractivity contribution in [3.63, 3.8) is 0 Å². The number of rotatable bonds is 2. The Morgan fingerprint density at radius 2 is 1.00 bits per heavy atom. The Hall–Kier alpha value is -1.34. The molecular weight excluding hydrogens is 184 g/mol. The van der Waals surface area contributed by atoms with E-state index in [9.17, 15) is 0 Å². The zero-order valence-electron chi connectivity index (χ0n) is 8.35. The van der Waals surface area contributed by atoms with Gasteiger partial charge in [0.15, 0.2) is 0 Å². The summed E-state index contributed by atoms with van der Waals surface area (Å²) in [5.74, 6) is 0. The summed E-state index contributed by atoms with van der Waals surface area (Å²) < 4.78 is 0. The van der Waals surface area contributed by atoms with Crippen LogP contribution in [0.15, 0.2) is 60.7 Å². The van der Waals surface area contributed by atoms with E-state index in [1.165, 1.54) is 10.4 Å². The van der Waals surface area contributed by atoms with Gasteiger partial charge in [0.2, 0.25) is 0 Å². The molecule has 1 heteroatoms. The number of hydrogen-bond donors (Lipinski definition) is 0. The first-order chi connectivity index (χ1) is 6.88. The van der Waals surface area contributed by atoms with Crippen molar-refractivity contribution < 1.29 is 0 Å². The lowest BCUT2D eigenvalue weighted by Gasteiger charge is -2.09. The highest BCUT2D eigenvalue weighted by molar-refractivity contribution is 6.84. The summed E-state index contributed by atoms with van der Waals surface area (Å²) >= 11 is 0. The first-order valence-corrected chi connectivity index (χ1v) is 7.29. The van der Waals surface area contributed by atoms with Crippen LogP contribution in [0.25, 0.3) is 0 Å². The van der Waals surface area contributed by atoms with Crippen LogP contribution in [0.4, 0.5) is 0 Å². The molecule has 0 nitrogen and oxygen atoms in total. The van der Waals surface area contributed by atoms with Gasteiger partial charge in [-0.3, -0.25) is 0 Å². The third-order valence-electron chi connectivity index (χ3n) is 2.60. The molecule has 2 aromatic rings. The average Bonchev–Trinajstić information content (AvgIpc) is 2.30. The van der Waals surface area contributed by atoms with Crippen LogP contribution in [0, 0.1) is 0 Å². The molecule has 0 atom stereocenters. The molecule has 2 aromatic carbocycles.